The molecular formula is C30H34ClN3O5. The molecule has 8 nitrogen and oxygen atoms in total. The minimum absolute atomic E-state index is 0.0426. The minimum Gasteiger partial charge on any atom is -0.504 e. The van der Waals surface area contributed by atoms with Gasteiger partial charge in [0.25, 0.3) is 0 Å². The number of aromatic hydroxyl groups is 1. The number of phenolic OH excluding ortho intramolecular Hbond substituents is 1. The van der Waals surface area contributed by atoms with Gasteiger partial charge in [0.2, 0.25) is 5.91 Å². The predicted molar refractivity (Wildman–Crippen MR) is 153 cm³/mol. The number of piperidine rings is 1. The average molecular weight is 552 g/mol. The van der Waals surface area contributed by atoms with Gasteiger partial charge >= 0.3 is 0 Å². The Hall–Kier alpha value is -3.62. The summed E-state index contributed by atoms with van der Waals surface area (Å²) >= 11 is 6.55. The van der Waals surface area contributed by atoms with Crippen LogP contribution in [0.5, 0.6) is 11.5 Å². The lowest BCUT2D eigenvalue weighted by Crippen LogP contribution is -2.47. The molecule has 206 valence electrons. The molecule has 1 aliphatic rings. The van der Waals surface area contributed by atoms with Gasteiger partial charge in [-0.05, 0) is 44.0 Å². The second-order valence-electron chi connectivity index (χ2n) is 10.3. The number of aliphatic hydroxyl groups is 1. The van der Waals surface area contributed by atoms with Crippen LogP contribution < -0.4 is 4.74 Å². The van der Waals surface area contributed by atoms with Crippen LogP contribution in [0.15, 0.2) is 53.5 Å². The van der Waals surface area contributed by atoms with Gasteiger partial charge in [-0.1, -0.05) is 48.0 Å². The second-order valence-corrected chi connectivity index (χ2v) is 10.7. The highest BCUT2D eigenvalue weighted by molar-refractivity contribution is 6.33. The van der Waals surface area contributed by atoms with Crippen molar-refractivity contribution in [3.05, 3.63) is 59.1 Å². The SMILES string of the molecule is COc1cccc(-c2ccc(-c3nc(/N=C/OC4CCN(C(=O)C(C)(C)CO)CC4)c(C)cc3Cl)cc2)c1O. The van der Waals surface area contributed by atoms with Gasteiger partial charge in [0.15, 0.2) is 23.7 Å². The van der Waals surface area contributed by atoms with E-state index in [0.717, 1.165) is 16.7 Å². The third-order valence-corrected chi connectivity index (χ3v) is 7.25. The Morgan fingerprint density at radius 2 is 1.85 bits per heavy atom. The summed E-state index contributed by atoms with van der Waals surface area (Å²) in [5.74, 6) is 0.955. The molecule has 1 aromatic heterocycles. The summed E-state index contributed by atoms with van der Waals surface area (Å²) in [6, 6.07) is 14.8. The van der Waals surface area contributed by atoms with Crippen LogP contribution in [-0.2, 0) is 9.53 Å². The Bertz CT molecular complexity index is 1350. The van der Waals surface area contributed by atoms with Crippen LogP contribution in [0, 0.1) is 12.3 Å². The third-order valence-electron chi connectivity index (χ3n) is 6.96. The number of aromatic nitrogens is 1. The van der Waals surface area contributed by atoms with Crippen molar-refractivity contribution in [1.29, 1.82) is 0 Å². The van der Waals surface area contributed by atoms with E-state index in [1.54, 1.807) is 24.8 Å². The number of hydrogen-bond acceptors (Lipinski definition) is 7. The first-order valence-corrected chi connectivity index (χ1v) is 13.2. The molecule has 2 N–H and O–H groups in total. The van der Waals surface area contributed by atoms with Crippen LogP contribution in [-0.4, -0.2) is 65.3 Å². The average Bonchev–Trinajstić information content (AvgIpc) is 2.94. The molecule has 0 bridgehead atoms. The Kier molecular flexibility index (Phi) is 8.77. The molecule has 0 spiro atoms. The van der Waals surface area contributed by atoms with Crippen molar-refractivity contribution < 1.29 is 24.5 Å². The van der Waals surface area contributed by atoms with Gasteiger partial charge in [-0.25, -0.2) is 9.98 Å². The van der Waals surface area contributed by atoms with Crippen LogP contribution in [0.3, 0.4) is 0 Å². The number of halogens is 1. The highest BCUT2D eigenvalue weighted by atomic mass is 35.5. The van der Waals surface area contributed by atoms with Crippen LogP contribution in [0.1, 0.15) is 32.3 Å². The lowest BCUT2D eigenvalue weighted by Gasteiger charge is -2.35. The maximum Gasteiger partial charge on any atom is 0.230 e. The van der Waals surface area contributed by atoms with E-state index in [4.69, 9.17) is 21.1 Å². The van der Waals surface area contributed by atoms with E-state index in [1.807, 2.05) is 49.4 Å². The molecule has 39 heavy (non-hydrogen) atoms. The molecule has 1 aliphatic heterocycles. The molecule has 0 aliphatic carbocycles. The number of aryl methyl sites for hydroxylation is 1. The summed E-state index contributed by atoms with van der Waals surface area (Å²) in [4.78, 5) is 23.5. The predicted octanol–water partition coefficient (Wildman–Crippen LogP) is 5.78. The fourth-order valence-electron chi connectivity index (χ4n) is 4.49. The van der Waals surface area contributed by atoms with Crippen LogP contribution >= 0.6 is 11.6 Å². The summed E-state index contributed by atoms with van der Waals surface area (Å²) in [7, 11) is 1.52. The minimum atomic E-state index is -0.776. The molecule has 0 radical (unpaired) electrons. The first-order valence-electron chi connectivity index (χ1n) is 12.9. The van der Waals surface area contributed by atoms with Gasteiger partial charge in [0.05, 0.1) is 29.8 Å². The van der Waals surface area contributed by atoms with Gasteiger partial charge in [0.1, 0.15) is 6.10 Å². The molecule has 0 unspecified atom stereocenters. The number of pyridine rings is 1. The van der Waals surface area contributed by atoms with E-state index in [9.17, 15) is 15.0 Å². The number of benzene rings is 2. The van der Waals surface area contributed by atoms with E-state index in [2.05, 4.69) is 9.98 Å². The number of phenols is 1. The Labute approximate surface area is 233 Å². The summed E-state index contributed by atoms with van der Waals surface area (Å²) in [6.45, 7) is 6.36. The lowest BCUT2D eigenvalue weighted by atomic mass is 9.91. The summed E-state index contributed by atoms with van der Waals surface area (Å²) < 4.78 is 11.1. The Morgan fingerprint density at radius 1 is 1.18 bits per heavy atom. The fourth-order valence-corrected chi connectivity index (χ4v) is 4.80. The number of aliphatic imine (C=N–C) groups is 1. The first-order chi connectivity index (χ1) is 18.6. The smallest absolute Gasteiger partial charge is 0.230 e. The number of para-hydroxylation sites is 1. The number of rotatable bonds is 8. The number of nitrogens with zero attached hydrogens (tertiary/aromatic N) is 3. The van der Waals surface area contributed by atoms with Crippen LogP contribution in [0.25, 0.3) is 22.4 Å². The van der Waals surface area contributed by atoms with Gasteiger partial charge < -0.3 is 24.6 Å². The van der Waals surface area contributed by atoms with Gasteiger partial charge in [-0.15, -0.1) is 0 Å². The van der Waals surface area contributed by atoms with Crippen molar-refractivity contribution in [3.63, 3.8) is 0 Å². The number of carbonyl (C=O) groups is 1. The largest absolute Gasteiger partial charge is 0.504 e. The van der Waals surface area contributed by atoms with Gasteiger partial charge in [-0.3, -0.25) is 4.79 Å². The molecule has 4 rings (SSSR count). The molecule has 1 amide bonds. The summed E-state index contributed by atoms with van der Waals surface area (Å²) in [5.41, 5.74) is 2.94. The lowest BCUT2D eigenvalue weighted by molar-refractivity contribution is -0.144. The number of likely N-dealkylation sites (tertiary alicyclic amines) is 1. The van der Waals surface area contributed by atoms with Crippen molar-refractivity contribution in [1.82, 2.24) is 9.88 Å². The monoisotopic (exact) mass is 551 g/mol. The molecule has 0 atom stereocenters. The number of ether oxygens (including phenoxy) is 2. The summed E-state index contributed by atoms with van der Waals surface area (Å²) in [6.07, 6.45) is 2.74. The highest BCUT2D eigenvalue weighted by Crippen LogP contribution is 2.38. The van der Waals surface area contributed by atoms with Gasteiger partial charge in [-0.2, -0.15) is 0 Å². The molecule has 2 heterocycles. The van der Waals surface area contributed by atoms with E-state index < -0.39 is 5.41 Å². The molecule has 9 heteroatoms. The zero-order valence-corrected chi connectivity index (χ0v) is 23.4. The third kappa shape index (κ3) is 6.34. The van der Waals surface area contributed by atoms with Crippen molar-refractivity contribution in [3.8, 4) is 33.9 Å². The highest BCUT2D eigenvalue weighted by Gasteiger charge is 2.33. The van der Waals surface area contributed by atoms with Gasteiger partial charge in [0, 0.05) is 37.1 Å². The maximum absolute atomic E-state index is 12.6. The fraction of sp³-hybridized carbons (Fsp3) is 0.367. The number of hydrogen-bond donors (Lipinski definition) is 2. The topological polar surface area (TPSA) is 104 Å². The summed E-state index contributed by atoms with van der Waals surface area (Å²) in [5, 5.41) is 20.5. The molecule has 3 aromatic rings. The number of aliphatic hydroxyl groups excluding tert-OH is 1. The molecule has 2 aromatic carbocycles. The first kappa shape index (κ1) is 28.4. The molecule has 1 saturated heterocycles. The van der Waals surface area contributed by atoms with Crippen molar-refractivity contribution >= 4 is 29.7 Å². The van der Waals surface area contributed by atoms with Crippen LogP contribution in [0.4, 0.5) is 5.82 Å². The van der Waals surface area contributed by atoms with E-state index in [-0.39, 0.29) is 24.4 Å². The van der Waals surface area contributed by atoms with Crippen LogP contribution in [0.2, 0.25) is 5.02 Å². The number of methoxy groups -OCH3 is 1. The van der Waals surface area contributed by atoms with Crippen molar-refractivity contribution in [2.45, 2.75) is 39.7 Å². The normalized spacial score (nSPS) is 14.6. The Balaban J connectivity index is 1.44. The standard InChI is InChI=1S/C30H34ClN3O5/c1-19-16-24(31)26(21-10-8-20(9-11-21)23-6-5-7-25(38-4)27(23)36)33-28(19)32-18-39-22-12-14-34(15-13-22)29(37)30(2,3)17-35/h5-11,16,18,22,35-36H,12-15,17H2,1-4H3/b32-18+. The number of amides is 1. The zero-order valence-electron chi connectivity index (χ0n) is 22.6. The molecule has 0 saturated carbocycles. The molecule has 1 fully saturated rings. The second kappa shape index (κ2) is 12.1. The van der Waals surface area contributed by atoms with Crippen molar-refractivity contribution in [2.24, 2.45) is 10.4 Å². The van der Waals surface area contributed by atoms with E-state index >= 15 is 0 Å². The zero-order chi connectivity index (χ0) is 28.2. The van der Waals surface area contributed by atoms with E-state index in [0.29, 0.717) is 53.8 Å². The number of carbonyl (C=O) groups excluding carboxylic acids is 1. The van der Waals surface area contributed by atoms with Crippen molar-refractivity contribution in [2.75, 3.05) is 26.8 Å². The quantitative estimate of drug-likeness (QED) is 0.272. The molecular weight excluding hydrogens is 518 g/mol. The van der Waals surface area contributed by atoms with E-state index in [1.165, 1.54) is 13.5 Å². The Morgan fingerprint density at radius 3 is 2.49 bits per heavy atom. The maximum atomic E-state index is 12.6.